The molecule has 0 bridgehead atoms. The SMILES string of the molecule is C/C(Cl)=[CH]\[Hg][Cl]. The van der Waals surface area contributed by atoms with E-state index in [1.807, 2.05) is 10.5 Å². The number of hydrogen-bond acceptors (Lipinski definition) is 0. The molecule has 0 N–H and O–H groups in total. The van der Waals surface area contributed by atoms with E-state index in [1.165, 1.54) is 0 Å². The van der Waals surface area contributed by atoms with Gasteiger partial charge in [0.05, 0.1) is 0 Å². The molecule has 0 aliphatic carbocycles. The zero-order valence-electron chi connectivity index (χ0n) is 3.54. The average molecular weight is 312 g/mol. The zero-order valence-corrected chi connectivity index (χ0v) is 10.5. The summed E-state index contributed by atoms with van der Waals surface area (Å²) in [4.78, 5) is 0. The molecule has 0 unspecified atom stereocenters. The van der Waals surface area contributed by atoms with Crippen molar-refractivity contribution in [3.8, 4) is 0 Å². The molecule has 0 saturated carbocycles. The first-order valence-corrected chi connectivity index (χ1v) is 12.0. The van der Waals surface area contributed by atoms with E-state index in [9.17, 15) is 0 Å². The van der Waals surface area contributed by atoms with Crippen molar-refractivity contribution >= 4 is 19.9 Å². The third-order valence-electron chi connectivity index (χ3n) is 0.358. The van der Waals surface area contributed by atoms with Crippen molar-refractivity contribution in [3.05, 3.63) is 8.62 Å². The molecule has 0 spiro atoms. The molecule has 0 heterocycles. The Bertz CT molecular complexity index is 55.8. The average Bonchev–Trinajstić information content (AvgIpc) is 1.35. The second-order valence-corrected chi connectivity index (χ2v) is 7.04. The summed E-state index contributed by atoms with van der Waals surface area (Å²) in [6.07, 6.45) is 0. The summed E-state index contributed by atoms with van der Waals surface area (Å²) in [6.45, 7) is 1.85. The Kier molecular flexibility index (Phi) is 5.34. The minimum absolute atomic E-state index is 0.853. The molecule has 32 valence electrons. The summed E-state index contributed by atoms with van der Waals surface area (Å²) >= 11 is 4.38. The fourth-order valence-corrected chi connectivity index (χ4v) is 4.33. The van der Waals surface area contributed by atoms with Gasteiger partial charge in [-0.2, -0.15) is 0 Å². The van der Waals surface area contributed by atoms with Crippen LogP contribution in [-0.4, -0.2) is 0 Å². The fraction of sp³-hybridized carbons (Fsp3) is 0.333. The quantitative estimate of drug-likeness (QED) is 0.652. The van der Waals surface area contributed by atoms with Gasteiger partial charge < -0.3 is 0 Å². The Morgan fingerprint density at radius 1 is 1.83 bits per heavy atom. The third kappa shape index (κ3) is 5.26. The van der Waals surface area contributed by atoms with Crippen LogP contribution in [0, 0.1) is 0 Å². The first-order chi connectivity index (χ1) is 2.77. The van der Waals surface area contributed by atoms with Gasteiger partial charge in [0.15, 0.2) is 0 Å². The number of allylic oxidation sites excluding steroid dienone is 1. The van der Waals surface area contributed by atoms with Crippen molar-refractivity contribution in [2.45, 2.75) is 6.92 Å². The Morgan fingerprint density at radius 3 is 2.33 bits per heavy atom. The molecule has 0 fully saturated rings. The van der Waals surface area contributed by atoms with Crippen LogP contribution in [0.3, 0.4) is 0 Å². The fourth-order valence-electron chi connectivity index (χ4n) is 0.106. The normalized spacial score (nSPS) is 10.8. The van der Waals surface area contributed by atoms with Gasteiger partial charge in [-0.1, -0.05) is 0 Å². The predicted octanol–water partition coefficient (Wildman–Crippen LogP) is 2.32. The van der Waals surface area contributed by atoms with Crippen molar-refractivity contribution in [1.29, 1.82) is 0 Å². The number of rotatable bonds is 1. The van der Waals surface area contributed by atoms with Crippen LogP contribution >= 0.6 is 19.9 Å². The van der Waals surface area contributed by atoms with E-state index in [-0.39, 0.29) is 0 Å². The summed E-state index contributed by atoms with van der Waals surface area (Å²) in [5.41, 5.74) is 0. The van der Waals surface area contributed by atoms with E-state index in [0.717, 1.165) is 5.03 Å². The molecule has 0 nitrogen and oxygen atoms in total. The minimum atomic E-state index is -1.03. The topological polar surface area (TPSA) is 0 Å². The molecule has 0 radical (unpaired) electrons. The van der Waals surface area contributed by atoms with Gasteiger partial charge in [-0.25, -0.2) is 0 Å². The first kappa shape index (κ1) is 7.26. The van der Waals surface area contributed by atoms with Crippen molar-refractivity contribution in [2.24, 2.45) is 0 Å². The van der Waals surface area contributed by atoms with E-state index in [2.05, 4.69) is 0 Å². The van der Waals surface area contributed by atoms with Crippen molar-refractivity contribution < 1.29 is 23.3 Å². The van der Waals surface area contributed by atoms with Gasteiger partial charge in [-0.05, 0) is 0 Å². The van der Waals surface area contributed by atoms with Gasteiger partial charge >= 0.3 is 58.7 Å². The van der Waals surface area contributed by atoms with E-state index in [0.29, 0.717) is 0 Å². The second kappa shape index (κ2) is 4.41. The van der Waals surface area contributed by atoms with Gasteiger partial charge in [-0.3, -0.25) is 0 Å². The summed E-state index contributed by atoms with van der Waals surface area (Å²) in [6, 6.07) is 0. The van der Waals surface area contributed by atoms with Crippen molar-refractivity contribution in [1.82, 2.24) is 0 Å². The van der Waals surface area contributed by atoms with Crippen LogP contribution in [-0.2, 0) is 23.3 Å². The summed E-state index contributed by atoms with van der Waals surface area (Å²) in [5.74, 6) is 0. The third-order valence-corrected chi connectivity index (χ3v) is 5.85. The molecule has 0 aliphatic rings. The van der Waals surface area contributed by atoms with E-state index in [4.69, 9.17) is 19.9 Å². The Morgan fingerprint density at radius 2 is 2.33 bits per heavy atom. The Labute approximate surface area is 58.4 Å². The molecule has 3 heteroatoms. The molecular weight excluding hydrogens is 308 g/mol. The van der Waals surface area contributed by atoms with Crippen molar-refractivity contribution in [3.63, 3.8) is 0 Å². The molecule has 0 atom stereocenters. The molecule has 0 rings (SSSR count). The van der Waals surface area contributed by atoms with Gasteiger partial charge in [0, 0.05) is 0 Å². The zero-order chi connectivity index (χ0) is 4.99. The summed E-state index contributed by atoms with van der Waals surface area (Å²) in [7, 11) is 5.46. The molecule has 0 aromatic carbocycles. The Hall–Kier alpha value is 1.26. The van der Waals surface area contributed by atoms with Gasteiger partial charge in [0.1, 0.15) is 0 Å². The maximum absolute atomic E-state index is 5.46. The molecule has 0 aromatic rings. The standard InChI is InChI=1S/C3H4Cl.ClH.Hg/c1-3(2)4;;/h1H,2H3;1H;/q;;+1/p-1. The van der Waals surface area contributed by atoms with Crippen LogP contribution in [0.4, 0.5) is 0 Å². The number of halogens is 2. The molecule has 0 aliphatic heterocycles. The molecular formula is C3H4Cl2Hg. The van der Waals surface area contributed by atoms with E-state index >= 15 is 0 Å². The summed E-state index contributed by atoms with van der Waals surface area (Å²) < 4.78 is 1.96. The van der Waals surface area contributed by atoms with Crippen LogP contribution in [0.5, 0.6) is 0 Å². The molecule has 0 saturated heterocycles. The van der Waals surface area contributed by atoms with Gasteiger partial charge in [0.25, 0.3) is 0 Å². The monoisotopic (exact) mass is 312 g/mol. The molecule has 0 amide bonds. The predicted molar refractivity (Wildman–Crippen MR) is 25.5 cm³/mol. The van der Waals surface area contributed by atoms with Gasteiger partial charge in [0.2, 0.25) is 0 Å². The van der Waals surface area contributed by atoms with Crippen LogP contribution in [0.1, 0.15) is 6.92 Å². The van der Waals surface area contributed by atoms with Crippen LogP contribution in [0.25, 0.3) is 0 Å². The van der Waals surface area contributed by atoms with E-state index < -0.39 is 23.3 Å². The molecule has 0 aromatic heterocycles. The van der Waals surface area contributed by atoms with Crippen LogP contribution in [0.15, 0.2) is 8.62 Å². The van der Waals surface area contributed by atoms with Gasteiger partial charge in [-0.15, -0.1) is 0 Å². The van der Waals surface area contributed by atoms with E-state index in [1.54, 1.807) is 0 Å². The van der Waals surface area contributed by atoms with Crippen molar-refractivity contribution in [2.75, 3.05) is 0 Å². The maximum atomic E-state index is 5.46. The number of hydrogen-bond donors (Lipinski definition) is 0. The second-order valence-electron chi connectivity index (χ2n) is 0.945. The summed E-state index contributed by atoms with van der Waals surface area (Å²) in [5, 5.41) is 0.853. The first-order valence-electron chi connectivity index (χ1n) is 1.65. The molecule has 6 heavy (non-hydrogen) atoms. The van der Waals surface area contributed by atoms with Crippen LogP contribution < -0.4 is 0 Å². The Balaban J connectivity index is 3.14. The van der Waals surface area contributed by atoms with Crippen LogP contribution in [0.2, 0.25) is 0 Å².